The largest absolute Gasteiger partial charge is 0.242 e. The first-order valence-electron chi connectivity index (χ1n) is 6.10. The highest BCUT2D eigenvalue weighted by Crippen LogP contribution is 2.22. The Morgan fingerprint density at radius 2 is 1.82 bits per heavy atom. The molecule has 2 nitrogen and oxygen atoms in total. The molecule has 1 aromatic heterocycles. The molecular formula is C15H18N2. The molecule has 0 aliphatic carbocycles. The molecule has 2 rings (SSSR count). The zero-order valence-electron chi connectivity index (χ0n) is 10.6. The van der Waals surface area contributed by atoms with Crippen LogP contribution in [-0.4, -0.2) is 9.97 Å². The Bertz CT molecular complexity index is 489. The van der Waals surface area contributed by atoms with Gasteiger partial charge in [-0.2, -0.15) is 0 Å². The Morgan fingerprint density at radius 1 is 1.12 bits per heavy atom. The molecule has 0 fully saturated rings. The van der Waals surface area contributed by atoms with Crippen molar-refractivity contribution in [1.82, 2.24) is 9.97 Å². The fourth-order valence-electron chi connectivity index (χ4n) is 1.84. The summed E-state index contributed by atoms with van der Waals surface area (Å²) in [6.07, 6.45) is 2.98. The summed E-state index contributed by atoms with van der Waals surface area (Å²) in [4.78, 5) is 8.54. The number of rotatable bonds is 3. The number of benzene rings is 1. The Morgan fingerprint density at radius 3 is 2.41 bits per heavy atom. The van der Waals surface area contributed by atoms with Crippen LogP contribution >= 0.6 is 0 Å². The second kappa shape index (κ2) is 5.09. The van der Waals surface area contributed by atoms with Gasteiger partial charge in [0.1, 0.15) is 5.82 Å². The molecule has 0 saturated carbocycles. The Balaban J connectivity index is 2.29. The van der Waals surface area contributed by atoms with Crippen molar-refractivity contribution in [2.75, 3.05) is 0 Å². The van der Waals surface area contributed by atoms with Crippen LogP contribution in [0, 0.1) is 6.92 Å². The third-order valence-electron chi connectivity index (χ3n) is 3.16. The maximum atomic E-state index is 4.43. The van der Waals surface area contributed by atoms with Gasteiger partial charge < -0.3 is 0 Å². The Hall–Kier alpha value is -1.70. The minimum absolute atomic E-state index is 0.621. The molecule has 1 unspecified atom stereocenters. The van der Waals surface area contributed by atoms with E-state index in [0.29, 0.717) is 5.92 Å². The minimum atomic E-state index is 0.621. The van der Waals surface area contributed by atoms with Crippen molar-refractivity contribution in [2.45, 2.75) is 33.1 Å². The van der Waals surface area contributed by atoms with Crippen molar-refractivity contribution < 1.29 is 0 Å². The molecule has 0 aliphatic heterocycles. The standard InChI is InChI=1S/C15H18N2/c1-4-11(2)13-5-7-14(8-6-13)15-9-10-16-12(3)17-15/h5-11H,4H2,1-3H3. The molecule has 88 valence electrons. The van der Waals surface area contributed by atoms with Crippen molar-refractivity contribution in [2.24, 2.45) is 0 Å². The predicted octanol–water partition coefficient (Wildman–Crippen LogP) is 3.97. The van der Waals surface area contributed by atoms with Crippen LogP contribution in [-0.2, 0) is 0 Å². The molecule has 1 heterocycles. The fraction of sp³-hybridized carbons (Fsp3) is 0.333. The normalized spacial score (nSPS) is 12.4. The summed E-state index contributed by atoms with van der Waals surface area (Å²) in [6.45, 7) is 6.38. The molecule has 0 spiro atoms. The first kappa shape index (κ1) is 11.8. The third kappa shape index (κ3) is 2.70. The Kier molecular flexibility index (Phi) is 3.52. The van der Waals surface area contributed by atoms with Crippen LogP contribution in [0.15, 0.2) is 36.5 Å². The molecule has 1 atom stereocenters. The molecular weight excluding hydrogens is 208 g/mol. The lowest BCUT2D eigenvalue weighted by atomic mass is 9.97. The van der Waals surface area contributed by atoms with Gasteiger partial charge in [-0.15, -0.1) is 0 Å². The van der Waals surface area contributed by atoms with Crippen molar-refractivity contribution in [1.29, 1.82) is 0 Å². The van der Waals surface area contributed by atoms with Crippen molar-refractivity contribution in [3.63, 3.8) is 0 Å². The third-order valence-corrected chi connectivity index (χ3v) is 3.16. The summed E-state index contributed by atoms with van der Waals surface area (Å²) in [5, 5.41) is 0. The SMILES string of the molecule is CCC(C)c1ccc(-c2ccnc(C)n2)cc1. The smallest absolute Gasteiger partial charge is 0.125 e. The highest BCUT2D eigenvalue weighted by atomic mass is 14.9. The second-order valence-corrected chi connectivity index (χ2v) is 4.42. The van der Waals surface area contributed by atoms with E-state index in [-0.39, 0.29) is 0 Å². The molecule has 0 saturated heterocycles. The van der Waals surface area contributed by atoms with E-state index in [4.69, 9.17) is 0 Å². The highest BCUT2D eigenvalue weighted by Gasteiger charge is 2.04. The zero-order chi connectivity index (χ0) is 12.3. The van der Waals surface area contributed by atoms with Crippen LogP contribution < -0.4 is 0 Å². The van der Waals surface area contributed by atoms with Gasteiger partial charge in [0, 0.05) is 11.8 Å². The summed E-state index contributed by atoms with van der Waals surface area (Å²) in [5.74, 6) is 1.43. The van der Waals surface area contributed by atoms with E-state index in [1.54, 1.807) is 6.20 Å². The van der Waals surface area contributed by atoms with E-state index in [1.165, 1.54) is 12.0 Å². The lowest BCUT2D eigenvalue weighted by Gasteiger charge is -2.09. The van der Waals surface area contributed by atoms with E-state index < -0.39 is 0 Å². The van der Waals surface area contributed by atoms with Crippen LogP contribution in [0.5, 0.6) is 0 Å². The maximum Gasteiger partial charge on any atom is 0.125 e. The van der Waals surface area contributed by atoms with Gasteiger partial charge in [0.2, 0.25) is 0 Å². The number of nitrogens with zero attached hydrogens (tertiary/aromatic N) is 2. The minimum Gasteiger partial charge on any atom is -0.242 e. The fourth-order valence-corrected chi connectivity index (χ4v) is 1.84. The first-order valence-corrected chi connectivity index (χ1v) is 6.10. The van der Waals surface area contributed by atoms with Crippen molar-refractivity contribution in [3.05, 3.63) is 47.9 Å². The van der Waals surface area contributed by atoms with Gasteiger partial charge in [0.25, 0.3) is 0 Å². The van der Waals surface area contributed by atoms with Crippen LogP contribution in [0.3, 0.4) is 0 Å². The molecule has 0 N–H and O–H groups in total. The topological polar surface area (TPSA) is 25.8 Å². The molecule has 17 heavy (non-hydrogen) atoms. The molecule has 0 amide bonds. The summed E-state index contributed by atoms with van der Waals surface area (Å²) in [5.41, 5.74) is 3.54. The van der Waals surface area contributed by atoms with Crippen molar-refractivity contribution >= 4 is 0 Å². The summed E-state index contributed by atoms with van der Waals surface area (Å²) >= 11 is 0. The van der Waals surface area contributed by atoms with Crippen LogP contribution in [0.1, 0.15) is 37.6 Å². The molecule has 0 radical (unpaired) electrons. The molecule has 2 heteroatoms. The van der Waals surface area contributed by atoms with Gasteiger partial charge in [0.05, 0.1) is 5.69 Å². The number of hydrogen-bond acceptors (Lipinski definition) is 2. The molecule has 0 bridgehead atoms. The van der Waals surface area contributed by atoms with E-state index in [2.05, 4.69) is 48.1 Å². The number of aryl methyl sites for hydroxylation is 1. The monoisotopic (exact) mass is 226 g/mol. The quantitative estimate of drug-likeness (QED) is 0.791. The van der Waals surface area contributed by atoms with Crippen LogP contribution in [0.25, 0.3) is 11.3 Å². The molecule has 0 aliphatic rings. The average Bonchev–Trinajstić information content (AvgIpc) is 2.38. The van der Waals surface area contributed by atoms with E-state index in [1.807, 2.05) is 13.0 Å². The summed E-state index contributed by atoms with van der Waals surface area (Å²) in [7, 11) is 0. The van der Waals surface area contributed by atoms with Crippen LogP contribution in [0.4, 0.5) is 0 Å². The van der Waals surface area contributed by atoms with Gasteiger partial charge in [-0.3, -0.25) is 0 Å². The van der Waals surface area contributed by atoms with Gasteiger partial charge >= 0.3 is 0 Å². The molecule has 1 aromatic carbocycles. The predicted molar refractivity (Wildman–Crippen MR) is 70.9 cm³/mol. The lowest BCUT2D eigenvalue weighted by molar-refractivity contribution is 0.734. The van der Waals surface area contributed by atoms with Gasteiger partial charge in [-0.1, -0.05) is 38.1 Å². The van der Waals surface area contributed by atoms with Gasteiger partial charge in [-0.25, -0.2) is 9.97 Å². The Labute approximate surface area is 103 Å². The molecule has 2 aromatic rings. The summed E-state index contributed by atoms with van der Waals surface area (Å²) < 4.78 is 0. The highest BCUT2D eigenvalue weighted by molar-refractivity contribution is 5.59. The summed E-state index contributed by atoms with van der Waals surface area (Å²) in [6, 6.07) is 10.6. The van der Waals surface area contributed by atoms with E-state index in [9.17, 15) is 0 Å². The average molecular weight is 226 g/mol. The second-order valence-electron chi connectivity index (χ2n) is 4.42. The zero-order valence-corrected chi connectivity index (χ0v) is 10.6. The van der Waals surface area contributed by atoms with E-state index in [0.717, 1.165) is 17.1 Å². The van der Waals surface area contributed by atoms with Gasteiger partial charge in [-0.05, 0) is 30.9 Å². The van der Waals surface area contributed by atoms with Gasteiger partial charge in [0.15, 0.2) is 0 Å². The van der Waals surface area contributed by atoms with Crippen LogP contribution in [0.2, 0.25) is 0 Å². The lowest BCUT2D eigenvalue weighted by Crippen LogP contribution is -1.92. The number of hydrogen-bond donors (Lipinski definition) is 0. The number of aromatic nitrogens is 2. The van der Waals surface area contributed by atoms with Crippen molar-refractivity contribution in [3.8, 4) is 11.3 Å². The first-order chi connectivity index (χ1) is 8.20. The maximum absolute atomic E-state index is 4.43. The van der Waals surface area contributed by atoms with E-state index >= 15 is 0 Å².